The molecule has 3 N–H and O–H groups in total. The molecule has 9 atom stereocenters. The Kier molecular flexibility index (Phi) is 17.3. The van der Waals surface area contributed by atoms with E-state index >= 15 is 0 Å². The number of hydrogen-bond donors (Lipinski definition) is 3. The van der Waals surface area contributed by atoms with Gasteiger partial charge in [-0.3, -0.25) is 4.79 Å². The molecule has 0 amide bonds. The van der Waals surface area contributed by atoms with Gasteiger partial charge >= 0.3 is 5.97 Å². The Morgan fingerprint density at radius 1 is 0.667 bits per heavy atom. The van der Waals surface area contributed by atoms with Crippen LogP contribution in [0.25, 0.3) is 0 Å². The van der Waals surface area contributed by atoms with Crippen LogP contribution in [-0.4, -0.2) is 70.1 Å². The number of esters is 1. The van der Waals surface area contributed by atoms with E-state index in [0.29, 0.717) is 0 Å². The van der Waals surface area contributed by atoms with Crippen molar-refractivity contribution in [3.63, 3.8) is 0 Å². The van der Waals surface area contributed by atoms with Gasteiger partial charge < -0.3 is 29.5 Å². The van der Waals surface area contributed by atoms with Crippen molar-refractivity contribution in [1.29, 1.82) is 0 Å². The number of rotatable bonds is 23. The van der Waals surface area contributed by atoms with Crippen LogP contribution in [-0.2, 0) is 19.0 Å². The van der Waals surface area contributed by atoms with Gasteiger partial charge in [0, 0.05) is 0 Å². The molecule has 0 aliphatic carbocycles. The molecule has 3 heterocycles. The second-order valence-corrected chi connectivity index (χ2v) is 13.6. The number of carbonyl (C=O) groups excluding carboxylic acids is 1. The zero-order chi connectivity index (χ0) is 30.2. The van der Waals surface area contributed by atoms with Crippen molar-refractivity contribution >= 4 is 5.97 Å². The highest BCUT2D eigenvalue weighted by Crippen LogP contribution is 2.35. The highest BCUT2D eigenvalue weighted by Gasteiger charge is 2.41. The average molecular weight is 597 g/mol. The van der Waals surface area contributed by atoms with Gasteiger partial charge in [0.2, 0.25) is 0 Å². The molecule has 246 valence electrons. The number of hydrogen-bond acceptors (Lipinski definition) is 7. The van der Waals surface area contributed by atoms with Gasteiger partial charge in [-0.15, -0.1) is 0 Å². The molecular formula is C35H64O7. The summed E-state index contributed by atoms with van der Waals surface area (Å²) in [4.78, 5) is 11.8. The van der Waals surface area contributed by atoms with Crippen molar-refractivity contribution in [3.8, 4) is 0 Å². The van der Waals surface area contributed by atoms with E-state index in [1.165, 1.54) is 64.2 Å². The number of cyclic esters (lactones) is 1. The van der Waals surface area contributed by atoms with E-state index in [1.807, 2.05) is 0 Å². The molecule has 0 saturated carbocycles. The minimum atomic E-state index is -0.648. The third-order valence-electron chi connectivity index (χ3n) is 10.1. The molecule has 7 nitrogen and oxygen atoms in total. The van der Waals surface area contributed by atoms with Crippen molar-refractivity contribution in [2.24, 2.45) is 5.92 Å². The van der Waals surface area contributed by atoms with Crippen molar-refractivity contribution in [3.05, 3.63) is 0 Å². The number of ether oxygens (including phenoxy) is 3. The Labute approximate surface area is 256 Å². The van der Waals surface area contributed by atoms with E-state index in [9.17, 15) is 20.1 Å². The van der Waals surface area contributed by atoms with Gasteiger partial charge in [0.25, 0.3) is 0 Å². The lowest BCUT2D eigenvalue weighted by atomic mass is 9.95. The van der Waals surface area contributed by atoms with Crippen molar-refractivity contribution < 1.29 is 34.3 Å². The smallest absolute Gasteiger partial charge is 0.312 e. The number of carbonyl (C=O) groups is 1. The predicted octanol–water partition coefficient (Wildman–Crippen LogP) is 7.16. The van der Waals surface area contributed by atoms with Crippen LogP contribution < -0.4 is 0 Å². The number of aliphatic hydroxyl groups excluding tert-OH is 3. The second kappa shape index (κ2) is 20.3. The van der Waals surface area contributed by atoms with Crippen LogP contribution in [0.4, 0.5) is 0 Å². The highest BCUT2D eigenvalue weighted by atomic mass is 16.6. The SMILES string of the molecule is CCCCCCCCCC[C@H](O)[C@H]1CC[C@H]([C@H]2CC[C@H]([C@H](O)CCCCCCCCCCC3C(=O)O[C@@H](C)[C@@H]3O)O2)O1. The lowest BCUT2D eigenvalue weighted by Gasteiger charge is -2.24. The summed E-state index contributed by atoms with van der Waals surface area (Å²) >= 11 is 0. The van der Waals surface area contributed by atoms with Crippen LogP contribution in [0.2, 0.25) is 0 Å². The van der Waals surface area contributed by atoms with Crippen molar-refractivity contribution in [2.75, 3.05) is 0 Å². The highest BCUT2D eigenvalue weighted by molar-refractivity contribution is 5.75. The Morgan fingerprint density at radius 2 is 1.10 bits per heavy atom. The maximum atomic E-state index is 11.8. The van der Waals surface area contributed by atoms with Crippen LogP contribution in [0.3, 0.4) is 0 Å². The molecule has 3 aliphatic heterocycles. The topological polar surface area (TPSA) is 105 Å². The van der Waals surface area contributed by atoms with Crippen LogP contribution in [0, 0.1) is 5.92 Å². The molecular weight excluding hydrogens is 532 g/mol. The molecule has 1 unspecified atom stereocenters. The lowest BCUT2D eigenvalue weighted by Crippen LogP contribution is -2.33. The maximum Gasteiger partial charge on any atom is 0.312 e. The third-order valence-corrected chi connectivity index (χ3v) is 10.1. The summed E-state index contributed by atoms with van der Waals surface area (Å²) in [5.74, 6) is -0.578. The first kappa shape index (κ1) is 35.7. The Hall–Kier alpha value is -0.730. The molecule has 3 aliphatic rings. The van der Waals surface area contributed by atoms with Crippen LogP contribution in [0.1, 0.15) is 162 Å². The fraction of sp³-hybridized carbons (Fsp3) is 0.971. The van der Waals surface area contributed by atoms with Gasteiger partial charge in [0.1, 0.15) is 12.2 Å². The standard InChI is InChI=1S/C35H64O7/c1-3-4-5-6-7-11-14-17-20-28(36)30-22-24-32(41-30)33-25-23-31(42-33)29(37)21-18-15-12-9-8-10-13-16-19-27-34(38)26(2)40-35(27)39/h26-34,36-38H,3-25H2,1-2H3/t26-,27?,28-,29+,30+,31+,32+,33+,34-/m0/s1. The normalized spacial score (nSPS) is 31.1. The summed E-state index contributed by atoms with van der Waals surface area (Å²) in [7, 11) is 0. The number of aliphatic hydroxyl groups is 3. The molecule has 0 spiro atoms. The zero-order valence-corrected chi connectivity index (χ0v) is 26.9. The third kappa shape index (κ3) is 12.3. The van der Waals surface area contributed by atoms with Gasteiger partial charge in [-0.05, 0) is 51.9 Å². The summed E-state index contributed by atoms with van der Waals surface area (Å²) in [6.07, 6.45) is 23.4. The van der Waals surface area contributed by atoms with E-state index < -0.39 is 12.2 Å². The van der Waals surface area contributed by atoms with Gasteiger partial charge in [0.15, 0.2) is 0 Å². The monoisotopic (exact) mass is 596 g/mol. The molecule has 3 rings (SSSR count). The summed E-state index contributed by atoms with van der Waals surface area (Å²) in [5.41, 5.74) is 0. The maximum absolute atomic E-state index is 11.8. The van der Waals surface area contributed by atoms with Crippen molar-refractivity contribution in [1.82, 2.24) is 0 Å². The van der Waals surface area contributed by atoms with E-state index in [-0.39, 0.29) is 48.5 Å². The molecule has 0 bridgehead atoms. The van der Waals surface area contributed by atoms with Gasteiger partial charge in [0.05, 0.1) is 42.5 Å². The molecule has 0 radical (unpaired) electrons. The minimum Gasteiger partial charge on any atom is -0.460 e. The van der Waals surface area contributed by atoms with Crippen LogP contribution in [0.5, 0.6) is 0 Å². The summed E-state index contributed by atoms with van der Waals surface area (Å²) in [5, 5.41) is 31.4. The van der Waals surface area contributed by atoms with Crippen LogP contribution >= 0.6 is 0 Å². The van der Waals surface area contributed by atoms with Gasteiger partial charge in [-0.2, -0.15) is 0 Å². The van der Waals surface area contributed by atoms with E-state index in [2.05, 4.69) is 6.92 Å². The first-order valence-electron chi connectivity index (χ1n) is 18.0. The molecule has 7 heteroatoms. The molecule has 3 fully saturated rings. The quantitative estimate of drug-likeness (QED) is 0.0849. The van der Waals surface area contributed by atoms with E-state index in [0.717, 1.165) is 83.5 Å². The Morgan fingerprint density at radius 3 is 1.52 bits per heavy atom. The van der Waals surface area contributed by atoms with Crippen LogP contribution in [0.15, 0.2) is 0 Å². The first-order chi connectivity index (χ1) is 20.4. The largest absolute Gasteiger partial charge is 0.460 e. The zero-order valence-electron chi connectivity index (χ0n) is 26.9. The van der Waals surface area contributed by atoms with Gasteiger partial charge in [-0.1, -0.05) is 110 Å². The Balaban J connectivity index is 1.14. The predicted molar refractivity (Wildman–Crippen MR) is 166 cm³/mol. The molecule has 42 heavy (non-hydrogen) atoms. The fourth-order valence-electron chi connectivity index (χ4n) is 7.22. The minimum absolute atomic E-state index is 0.0518. The second-order valence-electron chi connectivity index (χ2n) is 13.6. The van der Waals surface area contributed by atoms with Gasteiger partial charge in [-0.25, -0.2) is 0 Å². The van der Waals surface area contributed by atoms with Crippen molar-refractivity contribution in [2.45, 2.75) is 210 Å². The fourth-order valence-corrected chi connectivity index (χ4v) is 7.22. The Bertz CT molecular complexity index is 717. The molecule has 0 aromatic carbocycles. The van der Waals surface area contributed by atoms with E-state index in [1.54, 1.807) is 6.92 Å². The molecule has 3 saturated heterocycles. The summed E-state index contributed by atoms with van der Waals surface area (Å²) in [6, 6.07) is 0. The summed E-state index contributed by atoms with van der Waals surface area (Å²) in [6.45, 7) is 4.01. The molecule has 0 aromatic rings. The summed E-state index contributed by atoms with van der Waals surface area (Å²) < 4.78 is 17.7. The first-order valence-corrected chi connectivity index (χ1v) is 18.0. The average Bonchev–Trinajstić information content (AvgIpc) is 3.72. The molecule has 0 aromatic heterocycles. The lowest BCUT2D eigenvalue weighted by molar-refractivity contribution is -0.143. The van der Waals surface area contributed by atoms with E-state index in [4.69, 9.17) is 14.2 Å². The number of unbranched alkanes of at least 4 members (excludes halogenated alkanes) is 14.